The molecular weight excluding hydrogens is 353 g/mol. The fourth-order valence-corrected chi connectivity index (χ4v) is 2.55. The van der Waals surface area contributed by atoms with Crippen LogP contribution >= 0.6 is 0 Å². The van der Waals surface area contributed by atoms with Gasteiger partial charge in [-0.05, 0) is 42.3 Å². The molecule has 0 aliphatic carbocycles. The van der Waals surface area contributed by atoms with E-state index in [9.17, 15) is 14.0 Å². The molecule has 142 valence electrons. The molecular formula is C20H20FNO5. The third-order valence-corrected chi connectivity index (χ3v) is 3.97. The van der Waals surface area contributed by atoms with Crippen LogP contribution in [0.5, 0.6) is 11.5 Å². The van der Waals surface area contributed by atoms with Gasteiger partial charge in [0.1, 0.15) is 5.82 Å². The molecule has 0 bridgehead atoms. The quantitative estimate of drug-likeness (QED) is 0.788. The second-order valence-corrected chi connectivity index (χ2v) is 6.01. The zero-order valence-corrected chi connectivity index (χ0v) is 14.7. The summed E-state index contributed by atoms with van der Waals surface area (Å²) in [6, 6.07) is 10.8. The van der Waals surface area contributed by atoms with Crippen molar-refractivity contribution in [3.63, 3.8) is 0 Å². The number of halogens is 1. The van der Waals surface area contributed by atoms with Crippen LogP contribution in [0.4, 0.5) is 4.39 Å². The second-order valence-electron chi connectivity index (χ2n) is 6.01. The van der Waals surface area contributed by atoms with Crippen LogP contribution in [0.1, 0.15) is 22.3 Å². The molecule has 1 aliphatic heterocycles. The number of amides is 1. The maximum Gasteiger partial charge on any atom is 0.338 e. The molecule has 0 atom stereocenters. The monoisotopic (exact) mass is 373 g/mol. The first-order valence-corrected chi connectivity index (χ1v) is 8.70. The Bertz CT molecular complexity index is 807. The Morgan fingerprint density at radius 1 is 1.04 bits per heavy atom. The molecule has 6 nitrogen and oxygen atoms in total. The highest BCUT2D eigenvalue weighted by atomic mass is 19.1. The molecule has 0 aromatic heterocycles. The number of nitrogens with one attached hydrogen (secondary N) is 1. The van der Waals surface area contributed by atoms with Crippen LogP contribution in [0.2, 0.25) is 0 Å². The van der Waals surface area contributed by atoms with Crippen LogP contribution in [0, 0.1) is 5.82 Å². The molecule has 27 heavy (non-hydrogen) atoms. The van der Waals surface area contributed by atoms with Gasteiger partial charge in [0.15, 0.2) is 18.1 Å². The van der Waals surface area contributed by atoms with Crippen LogP contribution in [-0.4, -0.2) is 38.2 Å². The first-order valence-electron chi connectivity index (χ1n) is 8.70. The average molecular weight is 373 g/mol. The highest BCUT2D eigenvalue weighted by Gasteiger charge is 2.16. The van der Waals surface area contributed by atoms with E-state index in [2.05, 4.69) is 5.32 Å². The number of ether oxygens (including phenoxy) is 3. The highest BCUT2D eigenvalue weighted by molar-refractivity contribution is 5.92. The first kappa shape index (κ1) is 18.7. The lowest BCUT2D eigenvalue weighted by Crippen LogP contribution is -2.30. The van der Waals surface area contributed by atoms with E-state index >= 15 is 0 Å². The molecule has 2 aromatic rings. The number of hydrogen-bond donors (Lipinski definition) is 1. The van der Waals surface area contributed by atoms with E-state index in [0.717, 1.165) is 12.0 Å². The SMILES string of the molecule is O=C(COC(=O)c1ccc2c(c1)OCCCO2)NCCc1ccc(F)cc1. The Morgan fingerprint density at radius 3 is 2.56 bits per heavy atom. The second kappa shape index (κ2) is 9.02. The molecule has 0 radical (unpaired) electrons. The molecule has 1 aliphatic rings. The van der Waals surface area contributed by atoms with Gasteiger partial charge >= 0.3 is 5.97 Å². The van der Waals surface area contributed by atoms with Gasteiger partial charge in [-0.2, -0.15) is 0 Å². The molecule has 3 rings (SSSR count). The topological polar surface area (TPSA) is 73.9 Å². The Labute approximate surface area is 156 Å². The van der Waals surface area contributed by atoms with Gasteiger partial charge in [0.25, 0.3) is 5.91 Å². The fourth-order valence-electron chi connectivity index (χ4n) is 2.55. The molecule has 0 saturated carbocycles. The smallest absolute Gasteiger partial charge is 0.338 e. The standard InChI is InChI=1S/C20H20FNO5/c21-16-5-2-14(3-6-16)8-9-22-19(23)13-27-20(24)15-4-7-17-18(12-15)26-11-1-10-25-17/h2-7,12H,1,8-11,13H2,(H,22,23). The molecule has 0 unspecified atom stereocenters. The lowest BCUT2D eigenvalue weighted by molar-refractivity contribution is -0.124. The van der Waals surface area contributed by atoms with Crippen molar-refractivity contribution in [2.45, 2.75) is 12.8 Å². The van der Waals surface area contributed by atoms with Gasteiger partial charge < -0.3 is 19.5 Å². The van der Waals surface area contributed by atoms with Crippen molar-refractivity contribution < 1.29 is 28.2 Å². The van der Waals surface area contributed by atoms with Crippen LogP contribution in [0.25, 0.3) is 0 Å². The predicted octanol–water partition coefficient (Wildman–Crippen LogP) is 2.50. The average Bonchev–Trinajstić information content (AvgIpc) is 2.92. The molecule has 1 heterocycles. The van der Waals surface area contributed by atoms with Crippen molar-refractivity contribution in [2.24, 2.45) is 0 Å². The summed E-state index contributed by atoms with van der Waals surface area (Å²) < 4.78 is 28.9. The Balaban J connectivity index is 1.43. The number of benzene rings is 2. The summed E-state index contributed by atoms with van der Waals surface area (Å²) in [6.07, 6.45) is 1.33. The molecule has 0 fully saturated rings. The number of esters is 1. The van der Waals surface area contributed by atoms with Gasteiger partial charge in [-0.25, -0.2) is 9.18 Å². The zero-order chi connectivity index (χ0) is 19.1. The summed E-state index contributed by atoms with van der Waals surface area (Å²) in [4.78, 5) is 23.9. The summed E-state index contributed by atoms with van der Waals surface area (Å²) in [5.74, 6) is -0.239. The maximum absolute atomic E-state index is 12.8. The van der Waals surface area contributed by atoms with Gasteiger partial charge in [0, 0.05) is 13.0 Å². The summed E-state index contributed by atoms with van der Waals surface area (Å²) >= 11 is 0. The van der Waals surface area contributed by atoms with Crippen molar-refractivity contribution in [2.75, 3.05) is 26.4 Å². The number of carbonyl (C=O) groups is 2. The molecule has 1 amide bonds. The van der Waals surface area contributed by atoms with Crippen molar-refractivity contribution in [1.82, 2.24) is 5.32 Å². The van der Waals surface area contributed by atoms with Crippen molar-refractivity contribution in [3.8, 4) is 11.5 Å². The summed E-state index contributed by atoms with van der Waals surface area (Å²) in [6.45, 7) is 1.07. The minimum atomic E-state index is -0.612. The number of hydrogen-bond acceptors (Lipinski definition) is 5. The van der Waals surface area contributed by atoms with Gasteiger partial charge in [0.2, 0.25) is 0 Å². The number of fused-ring (bicyclic) bond motifs is 1. The van der Waals surface area contributed by atoms with Crippen LogP contribution in [-0.2, 0) is 16.0 Å². The van der Waals surface area contributed by atoms with E-state index in [1.165, 1.54) is 12.1 Å². The van der Waals surface area contributed by atoms with E-state index < -0.39 is 11.9 Å². The minimum absolute atomic E-state index is 0.290. The Kier molecular flexibility index (Phi) is 6.25. The fraction of sp³-hybridized carbons (Fsp3) is 0.300. The molecule has 0 saturated heterocycles. The van der Waals surface area contributed by atoms with E-state index in [1.54, 1.807) is 30.3 Å². The third kappa shape index (κ3) is 5.44. The van der Waals surface area contributed by atoms with Gasteiger partial charge in [0.05, 0.1) is 18.8 Å². The van der Waals surface area contributed by atoms with Gasteiger partial charge in [-0.15, -0.1) is 0 Å². The lowest BCUT2D eigenvalue weighted by Gasteiger charge is -2.10. The normalized spacial score (nSPS) is 12.8. The third-order valence-electron chi connectivity index (χ3n) is 3.97. The molecule has 2 aromatic carbocycles. The Hall–Kier alpha value is -3.09. The maximum atomic E-state index is 12.8. The predicted molar refractivity (Wildman–Crippen MR) is 95.4 cm³/mol. The summed E-state index contributed by atoms with van der Waals surface area (Å²) in [5.41, 5.74) is 1.19. The zero-order valence-electron chi connectivity index (χ0n) is 14.7. The summed E-state index contributed by atoms with van der Waals surface area (Å²) in [5, 5.41) is 2.66. The highest BCUT2D eigenvalue weighted by Crippen LogP contribution is 2.30. The van der Waals surface area contributed by atoms with Crippen LogP contribution in [0.15, 0.2) is 42.5 Å². The molecule has 1 N–H and O–H groups in total. The number of rotatable bonds is 6. The van der Waals surface area contributed by atoms with E-state index in [-0.39, 0.29) is 12.4 Å². The Morgan fingerprint density at radius 2 is 1.78 bits per heavy atom. The van der Waals surface area contributed by atoms with E-state index in [0.29, 0.717) is 43.2 Å². The van der Waals surface area contributed by atoms with Crippen LogP contribution in [0.3, 0.4) is 0 Å². The van der Waals surface area contributed by atoms with Gasteiger partial charge in [-0.3, -0.25) is 4.79 Å². The van der Waals surface area contributed by atoms with Crippen molar-refractivity contribution in [1.29, 1.82) is 0 Å². The number of carbonyl (C=O) groups excluding carboxylic acids is 2. The molecule has 7 heteroatoms. The first-order chi connectivity index (χ1) is 13.1. The van der Waals surface area contributed by atoms with Crippen molar-refractivity contribution >= 4 is 11.9 Å². The minimum Gasteiger partial charge on any atom is -0.490 e. The summed E-state index contributed by atoms with van der Waals surface area (Å²) in [7, 11) is 0. The van der Waals surface area contributed by atoms with E-state index in [1.807, 2.05) is 0 Å². The van der Waals surface area contributed by atoms with E-state index in [4.69, 9.17) is 14.2 Å². The lowest BCUT2D eigenvalue weighted by atomic mass is 10.1. The van der Waals surface area contributed by atoms with Crippen LogP contribution < -0.4 is 14.8 Å². The van der Waals surface area contributed by atoms with Crippen molar-refractivity contribution in [3.05, 3.63) is 59.4 Å². The van der Waals surface area contributed by atoms with Gasteiger partial charge in [-0.1, -0.05) is 12.1 Å². The largest absolute Gasteiger partial charge is 0.490 e. The molecule has 0 spiro atoms.